The van der Waals surface area contributed by atoms with Crippen LogP contribution in [0, 0.1) is 6.92 Å². The van der Waals surface area contributed by atoms with E-state index < -0.39 is 0 Å². The van der Waals surface area contributed by atoms with Gasteiger partial charge in [0.05, 0.1) is 12.3 Å². The van der Waals surface area contributed by atoms with Gasteiger partial charge in [0, 0.05) is 18.3 Å². The van der Waals surface area contributed by atoms with Crippen LogP contribution in [-0.4, -0.2) is 14.7 Å². The van der Waals surface area contributed by atoms with Gasteiger partial charge in [0.25, 0.3) is 0 Å². The number of aryl methyl sites for hydroxylation is 2. The third-order valence-electron chi connectivity index (χ3n) is 3.75. The van der Waals surface area contributed by atoms with E-state index in [1.54, 1.807) is 0 Å². The second kappa shape index (κ2) is 6.87. The molecular formula is C17H19BrN2O. The number of fused-ring (bicyclic) bond motifs is 1. The fourth-order valence-corrected chi connectivity index (χ4v) is 2.56. The van der Waals surface area contributed by atoms with Gasteiger partial charge < -0.3 is 9.67 Å². The maximum atomic E-state index is 9.35. The van der Waals surface area contributed by atoms with Gasteiger partial charge in [0.2, 0.25) is 0 Å². The molecule has 2 heterocycles. The van der Waals surface area contributed by atoms with Crippen LogP contribution >= 0.6 is 17.0 Å². The second-order valence-corrected chi connectivity index (χ2v) is 5.02. The largest absolute Gasteiger partial charge is 0.390 e. The average molecular weight is 347 g/mol. The van der Waals surface area contributed by atoms with Crippen molar-refractivity contribution in [1.29, 1.82) is 0 Å². The lowest BCUT2D eigenvalue weighted by Gasteiger charge is -2.11. The second-order valence-electron chi connectivity index (χ2n) is 5.02. The molecule has 0 unspecified atom stereocenters. The summed E-state index contributed by atoms with van der Waals surface area (Å²) >= 11 is 0. The minimum atomic E-state index is -0.000795. The number of pyridine rings is 1. The molecule has 3 nitrogen and oxygen atoms in total. The molecule has 0 bridgehead atoms. The molecule has 1 aromatic carbocycles. The standard InChI is InChI=1S/C17H18N2O.BrH/c1-13-15-8-5-10-19(17(15)18-16(13)12-20)11-9-14-6-3-2-4-7-14;/h2-8,10,20H,9,11-12H2,1H3;1H. The molecule has 2 aliphatic rings. The molecule has 110 valence electrons. The molecule has 1 aromatic rings. The van der Waals surface area contributed by atoms with Crippen molar-refractivity contribution in [1.82, 2.24) is 9.55 Å². The Morgan fingerprint density at radius 2 is 1.86 bits per heavy atom. The summed E-state index contributed by atoms with van der Waals surface area (Å²) in [6.45, 7) is 2.91. The maximum Gasteiger partial charge on any atom is 0.140 e. The van der Waals surface area contributed by atoms with Crippen molar-refractivity contribution in [2.75, 3.05) is 0 Å². The molecule has 0 aromatic heterocycles. The molecule has 0 saturated heterocycles. The van der Waals surface area contributed by atoms with Gasteiger partial charge in [-0.05, 0) is 36.6 Å². The first-order chi connectivity index (χ1) is 9.79. The summed E-state index contributed by atoms with van der Waals surface area (Å²) in [5.41, 5.74) is 4.31. The van der Waals surface area contributed by atoms with E-state index in [2.05, 4.69) is 46.1 Å². The summed E-state index contributed by atoms with van der Waals surface area (Å²) in [6, 6.07) is 14.6. The molecule has 21 heavy (non-hydrogen) atoms. The fraction of sp³-hybridized carbons (Fsp3) is 0.235. The van der Waals surface area contributed by atoms with Crippen LogP contribution in [0.1, 0.15) is 16.8 Å². The minimum Gasteiger partial charge on any atom is -0.390 e. The molecule has 0 amide bonds. The number of benzene rings is 1. The van der Waals surface area contributed by atoms with Crippen LogP contribution in [0.2, 0.25) is 0 Å². The highest BCUT2D eigenvalue weighted by Gasteiger charge is 2.16. The topological polar surface area (TPSA) is 38.0 Å². The van der Waals surface area contributed by atoms with Gasteiger partial charge in [-0.15, -0.1) is 17.0 Å². The monoisotopic (exact) mass is 346 g/mol. The normalized spacial score (nSPS) is 10.6. The van der Waals surface area contributed by atoms with Crippen LogP contribution in [0.4, 0.5) is 0 Å². The Morgan fingerprint density at radius 3 is 2.57 bits per heavy atom. The van der Waals surface area contributed by atoms with Gasteiger partial charge in [-0.1, -0.05) is 30.3 Å². The van der Waals surface area contributed by atoms with E-state index in [1.165, 1.54) is 5.56 Å². The Kier molecular flexibility index (Phi) is 5.15. The van der Waals surface area contributed by atoms with E-state index in [0.717, 1.165) is 35.6 Å². The van der Waals surface area contributed by atoms with E-state index >= 15 is 0 Å². The maximum absolute atomic E-state index is 9.35. The highest BCUT2D eigenvalue weighted by atomic mass is 79.9. The summed E-state index contributed by atoms with van der Waals surface area (Å²) in [6.07, 6.45) is 3.03. The van der Waals surface area contributed by atoms with Gasteiger partial charge in [0.1, 0.15) is 5.82 Å². The quantitative estimate of drug-likeness (QED) is 0.783. The van der Waals surface area contributed by atoms with Crippen LogP contribution in [0.5, 0.6) is 0 Å². The molecule has 0 atom stereocenters. The van der Waals surface area contributed by atoms with Crippen LogP contribution in [0.3, 0.4) is 0 Å². The Morgan fingerprint density at radius 1 is 1.10 bits per heavy atom. The lowest BCUT2D eigenvalue weighted by atomic mass is 10.1. The summed E-state index contributed by atoms with van der Waals surface area (Å²) in [4.78, 5) is 4.56. The molecule has 3 rings (SSSR count). The van der Waals surface area contributed by atoms with Crippen molar-refractivity contribution in [2.45, 2.75) is 26.5 Å². The predicted molar refractivity (Wildman–Crippen MR) is 90.0 cm³/mol. The summed E-state index contributed by atoms with van der Waals surface area (Å²) < 4.78 is 2.16. The van der Waals surface area contributed by atoms with Crippen LogP contribution < -0.4 is 0 Å². The number of aromatic nitrogens is 2. The van der Waals surface area contributed by atoms with Gasteiger partial charge in [-0.2, -0.15) is 0 Å². The van der Waals surface area contributed by atoms with Crippen molar-refractivity contribution in [3.63, 3.8) is 0 Å². The number of rotatable bonds is 4. The van der Waals surface area contributed by atoms with Gasteiger partial charge in [0.15, 0.2) is 0 Å². The molecule has 0 radical (unpaired) electrons. The van der Waals surface area contributed by atoms with Gasteiger partial charge >= 0.3 is 0 Å². The Hall–Kier alpha value is -1.65. The Labute approximate surface area is 135 Å². The van der Waals surface area contributed by atoms with Crippen LogP contribution in [0.15, 0.2) is 48.7 Å². The van der Waals surface area contributed by atoms with Crippen molar-refractivity contribution in [2.24, 2.45) is 0 Å². The lowest BCUT2D eigenvalue weighted by molar-refractivity contribution is 0.277. The van der Waals surface area contributed by atoms with Gasteiger partial charge in [-0.25, -0.2) is 4.98 Å². The zero-order valence-corrected chi connectivity index (χ0v) is 13.7. The van der Waals surface area contributed by atoms with Crippen molar-refractivity contribution < 1.29 is 5.11 Å². The predicted octanol–water partition coefficient (Wildman–Crippen LogP) is 3.61. The van der Waals surface area contributed by atoms with Crippen molar-refractivity contribution in [3.05, 3.63) is 65.5 Å². The van der Waals surface area contributed by atoms with E-state index in [-0.39, 0.29) is 23.6 Å². The number of halogens is 1. The van der Waals surface area contributed by atoms with E-state index in [1.807, 2.05) is 19.1 Å². The average Bonchev–Trinajstić information content (AvgIpc) is 2.83. The Balaban J connectivity index is 0.00000161. The number of aliphatic hydroxyl groups excluding tert-OH is 1. The van der Waals surface area contributed by atoms with Gasteiger partial charge in [-0.3, -0.25) is 0 Å². The van der Waals surface area contributed by atoms with Crippen LogP contribution in [0.25, 0.3) is 11.4 Å². The molecular weight excluding hydrogens is 328 g/mol. The lowest BCUT2D eigenvalue weighted by Crippen LogP contribution is -2.05. The first kappa shape index (κ1) is 15.7. The highest BCUT2D eigenvalue weighted by molar-refractivity contribution is 8.93. The highest BCUT2D eigenvalue weighted by Crippen LogP contribution is 2.27. The molecule has 0 saturated carbocycles. The van der Waals surface area contributed by atoms with Crippen molar-refractivity contribution >= 4 is 17.0 Å². The summed E-state index contributed by atoms with van der Waals surface area (Å²) in [5, 5.41) is 9.35. The number of hydrogen-bond acceptors (Lipinski definition) is 2. The SMILES string of the molecule is Br.Cc1c2cccn(CCc3ccccc3)c-2nc1CO. The zero-order valence-electron chi connectivity index (χ0n) is 12.0. The van der Waals surface area contributed by atoms with Crippen molar-refractivity contribution in [3.8, 4) is 11.4 Å². The van der Waals surface area contributed by atoms with E-state index in [4.69, 9.17) is 0 Å². The molecule has 0 spiro atoms. The minimum absolute atomic E-state index is 0. The molecule has 0 aliphatic carbocycles. The molecule has 2 aliphatic heterocycles. The number of aliphatic hydroxyl groups is 1. The fourth-order valence-electron chi connectivity index (χ4n) is 2.56. The first-order valence-electron chi connectivity index (χ1n) is 6.88. The number of hydrogen-bond donors (Lipinski definition) is 1. The smallest absolute Gasteiger partial charge is 0.140 e. The molecule has 0 fully saturated rings. The summed E-state index contributed by atoms with van der Waals surface area (Å²) in [5.74, 6) is 0.963. The third kappa shape index (κ3) is 3.17. The molecule has 4 heteroatoms. The molecule has 1 N–H and O–H groups in total. The zero-order chi connectivity index (χ0) is 13.9. The third-order valence-corrected chi connectivity index (χ3v) is 3.75. The summed E-state index contributed by atoms with van der Waals surface area (Å²) in [7, 11) is 0. The van der Waals surface area contributed by atoms with Crippen LogP contribution in [-0.2, 0) is 19.6 Å². The van der Waals surface area contributed by atoms with E-state index in [0.29, 0.717) is 0 Å². The Bertz CT molecular complexity index is 679. The first-order valence-corrected chi connectivity index (χ1v) is 6.88. The van der Waals surface area contributed by atoms with E-state index in [9.17, 15) is 5.11 Å². The number of nitrogens with zero attached hydrogens (tertiary/aromatic N) is 2.